The van der Waals surface area contributed by atoms with E-state index in [1.54, 1.807) is 7.11 Å². The monoisotopic (exact) mass is 237 g/mol. The fourth-order valence-electron chi connectivity index (χ4n) is 1.62. The highest BCUT2D eigenvalue weighted by Crippen LogP contribution is 2.12. The van der Waals surface area contributed by atoms with Gasteiger partial charge in [0.15, 0.2) is 0 Å². The molecular formula is C13H19NO3. The third-order valence-electron chi connectivity index (χ3n) is 2.54. The Hall–Kier alpha value is -1.55. The number of benzene rings is 1. The fraction of sp³-hybridized carbons (Fsp3) is 0.462. The molecule has 0 unspecified atom stereocenters. The van der Waals surface area contributed by atoms with Crippen LogP contribution in [0.4, 0.5) is 0 Å². The Bertz CT molecular complexity index is 348. The van der Waals surface area contributed by atoms with Gasteiger partial charge in [0.2, 0.25) is 0 Å². The van der Waals surface area contributed by atoms with Crippen LogP contribution in [0.1, 0.15) is 18.4 Å². The molecule has 1 aromatic carbocycles. The van der Waals surface area contributed by atoms with Crippen molar-refractivity contribution in [3.8, 4) is 5.75 Å². The van der Waals surface area contributed by atoms with Crippen LogP contribution in [0.25, 0.3) is 0 Å². The molecular weight excluding hydrogens is 218 g/mol. The van der Waals surface area contributed by atoms with E-state index in [9.17, 15) is 4.79 Å². The number of nitrogens with zero attached hydrogens (tertiary/aromatic N) is 1. The second kappa shape index (κ2) is 6.91. The summed E-state index contributed by atoms with van der Waals surface area (Å²) in [7, 11) is 3.64. The maximum absolute atomic E-state index is 10.4. The highest BCUT2D eigenvalue weighted by atomic mass is 16.5. The average Bonchev–Trinajstić information content (AvgIpc) is 2.29. The van der Waals surface area contributed by atoms with Crippen molar-refractivity contribution in [3.05, 3.63) is 29.8 Å². The zero-order valence-electron chi connectivity index (χ0n) is 10.3. The molecule has 0 aromatic heterocycles. The van der Waals surface area contributed by atoms with Crippen LogP contribution in [0.5, 0.6) is 5.75 Å². The molecule has 1 N–H and O–H groups in total. The highest BCUT2D eigenvalue weighted by molar-refractivity contribution is 5.66. The summed E-state index contributed by atoms with van der Waals surface area (Å²) in [5.74, 6) is 0.116. The van der Waals surface area contributed by atoms with Gasteiger partial charge in [0, 0.05) is 13.0 Å². The van der Waals surface area contributed by atoms with Crippen LogP contribution < -0.4 is 4.74 Å². The van der Waals surface area contributed by atoms with Crippen molar-refractivity contribution in [2.75, 3.05) is 20.7 Å². The van der Waals surface area contributed by atoms with Crippen LogP contribution in [0.2, 0.25) is 0 Å². The van der Waals surface area contributed by atoms with Crippen molar-refractivity contribution in [2.24, 2.45) is 0 Å². The molecule has 0 aliphatic carbocycles. The predicted molar refractivity (Wildman–Crippen MR) is 66.2 cm³/mol. The lowest BCUT2D eigenvalue weighted by molar-refractivity contribution is -0.137. The van der Waals surface area contributed by atoms with Gasteiger partial charge in [0.05, 0.1) is 7.11 Å². The van der Waals surface area contributed by atoms with Crippen molar-refractivity contribution in [3.63, 3.8) is 0 Å². The summed E-state index contributed by atoms with van der Waals surface area (Å²) in [4.78, 5) is 12.5. The topological polar surface area (TPSA) is 49.8 Å². The van der Waals surface area contributed by atoms with E-state index in [-0.39, 0.29) is 6.42 Å². The first-order chi connectivity index (χ1) is 8.11. The lowest BCUT2D eigenvalue weighted by Gasteiger charge is -2.16. The molecule has 1 rings (SSSR count). The summed E-state index contributed by atoms with van der Waals surface area (Å²) in [5.41, 5.74) is 1.20. The quantitative estimate of drug-likeness (QED) is 0.788. The summed E-state index contributed by atoms with van der Waals surface area (Å²) in [5, 5.41) is 8.54. The number of carboxylic acids is 1. The number of hydrogen-bond acceptors (Lipinski definition) is 3. The van der Waals surface area contributed by atoms with E-state index < -0.39 is 5.97 Å². The minimum atomic E-state index is -0.733. The number of ether oxygens (including phenoxy) is 1. The molecule has 0 aliphatic rings. The van der Waals surface area contributed by atoms with E-state index >= 15 is 0 Å². The summed E-state index contributed by atoms with van der Waals surface area (Å²) in [6.07, 6.45) is 0.912. The molecule has 0 saturated heterocycles. The Labute approximate surface area is 102 Å². The second-order valence-corrected chi connectivity index (χ2v) is 4.08. The van der Waals surface area contributed by atoms with Crippen molar-refractivity contribution < 1.29 is 14.6 Å². The van der Waals surface area contributed by atoms with E-state index in [1.807, 2.05) is 31.3 Å². The smallest absolute Gasteiger partial charge is 0.303 e. The van der Waals surface area contributed by atoms with E-state index in [0.29, 0.717) is 6.42 Å². The number of rotatable bonds is 7. The van der Waals surface area contributed by atoms with Gasteiger partial charge in [0.1, 0.15) is 5.75 Å². The third kappa shape index (κ3) is 5.36. The van der Waals surface area contributed by atoms with Crippen LogP contribution in [0.15, 0.2) is 24.3 Å². The molecule has 0 fully saturated rings. The fourth-order valence-corrected chi connectivity index (χ4v) is 1.62. The molecule has 4 heteroatoms. The van der Waals surface area contributed by atoms with E-state index in [1.165, 1.54) is 5.56 Å². The molecule has 4 nitrogen and oxygen atoms in total. The first-order valence-electron chi connectivity index (χ1n) is 5.65. The third-order valence-corrected chi connectivity index (χ3v) is 2.54. The molecule has 0 amide bonds. The van der Waals surface area contributed by atoms with Crippen molar-refractivity contribution in [2.45, 2.75) is 19.4 Å². The highest BCUT2D eigenvalue weighted by Gasteiger charge is 2.02. The normalized spacial score (nSPS) is 10.5. The summed E-state index contributed by atoms with van der Waals surface area (Å²) < 4.78 is 5.09. The minimum absolute atomic E-state index is 0.229. The molecule has 0 saturated carbocycles. The molecule has 0 spiro atoms. The lowest BCUT2D eigenvalue weighted by atomic mass is 10.2. The van der Waals surface area contributed by atoms with Crippen LogP contribution in [-0.4, -0.2) is 36.7 Å². The lowest BCUT2D eigenvalue weighted by Crippen LogP contribution is -2.19. The summed E-state index contributed by atoms with van der Waals surface area (Å²) >= 11 is 0. The Balaban J connectivity index is 2.34. The van der Waals surface area contributed by atoms with E-state index in [2.05, 4.69) is 4.90 Å². The van der Waals surface area contributed by atoms with Gasteiger partial charge >= 0.3 is 5.97 Å². The molecule has 17 heavy (non-hydrogen) atoms. The Morgan fingerprint density at radius 3 is 2.53 bits per heavy atom. The molecule has 0 aliphatic heterocycles. The number of aliphatic carboxylic acids is 1. The van der Waals surface area contributed by atoms with Gasteiger partial charge in [-0.2, -0.15) is 0 Å². The van der Waals surface area contributed by atoms with Crippen molar-refractivity contribution in [1.82, 2.24) is 4.90 Å². The minimum Gasteiger partial charge on any atom is -0.497 e. The van der Waals surface area contributed by atoms with Gasteiger partial charge in [-0.3, -0.25) is 4.79 Å². The molecule has 0 radical (unpaired) electrons. The Morgan fingerprint density at radius 1 is 1.35 bits per heavy atom. The van der Waals surface area contributed by atoms with E-state index in [0.717, 1.165) is 18.8 Å². The first-order valence-corrected chi connectivity index (χ1v) is 5.65. The Morgan fingerprint density at radius 2 is 2.00 bits per heavy atom. The number of carboxylic acid groups (broad SMARTS) is 1. The summed E-state index contributed by atoms with van der Waals surface area (Å²) in [6, 6.07) is 7.90. The van der Waals surface area contributed by atoms with Gasteiger partial charge in [0.25, 0.3) is 0 Å². The molecule has 0 atom stereocenters. The second-order valence-electron chi connectivity index (χ2n) is 4.08. The zero-order valence-corrected chi connectivity index (χ0v) is 10.3. The number of carbonyl (C=O) groups is 1. The van der Waals surface area contributed by atoms with Crippen LogP contribution in [-0.2, 0) is 11.3 Å². The molecule has 0 heterocycles. The maximum Gasteiger partial charge on any atom is 0.303 e. The Kier molecular flexibility index (Phi) is 5.49. The van der Waals surface area contributed by atoms with Crippen LogP contribution in [0.3, 0.4) is 0 Å². The largest absolute Gasteiger partial charge is 0.497 e. The predicted octanol–water partition coefficient (Wildman–Crippen LogP) is 1.99. The standard InChI is InChI=1S/C13H19NO3/c1-14(9-3-4-13(15)16)10-11-5-7-12(17-2)8-6-11/h5-8H,3-4,9-10H2,1-2H3,(H,15,16). The zero-order chi connectivity index (χ0) is 12.7. The van der Waals surface area contributed by atoms with Crippen LogP contribution >= 0.6 is 0 Å². The average molecular weight is 237 g/mol. The van der Waals surface area contributed by atoms with E-state index in [4.69, 9.17) is 9.84 Å². The van der Waals surface area contributed by atoms with Crippen molar-refractivity contribution >= 4 is 5.97 Å². The van der Waals surface area contributed by atoms with Gasteiger partial charge in [-0.1, -0.05) is 12.1 Å². The molecule has 94 valence electrons. The van der Waals surface area contributed by atoms with Gasteiger partial charge in [-0.25, -0.2) is 0 Å². The molecule has 0 bridgehead atoms. The molecule has 1 aromatic rings. The summed E-state index contributed by atoms with van der Waals surface area (Å²) in [6.45, 7) is 1.61. The maximum atomic E-state index is 10.4. The van der Waals surface area contributed by atoms with Crippen molar-refractivity contribution in [1.29, 1.82) is 0 Å². The number of methoxy groups -OCH3 is 1. The van der Waals surface area contributed by atoms with Gasteiger partial charge in [-0.05, 0) is 37.7 Å². The first kappa shape index (κ1) is 13.5. The van der Waals surface area contributed by atoms with Gasteiger partial charge < -0.3 is 14.7 Å². The van der Waals surface area contributed by atoms with Gasteiger partial charge in [-0.15, -0.1) is 0 Å². The number of hydrogen-bond donors (Lipinski definition) is 1. The SMILES string of the molecule is COc1ccc(CN(C)CCCC(=O)O)cc1. The van der Waals surface area contributed by atoms with Crippen LogP contribution in [0, 0.1) is 0 Å².